The lowest BCUT2D eigenvalue weighted by Gasteiger charge is -2.30. The summed E-state index contributed by atoms with van der Waals surface area (Å²) >= 11 is 0. The summed E-state index contributed by atoms with van der Waals surface area (Å²) in [5, 5.41) is 9.31. The molecule has 0 radical (unpaired) electrons. The summed E-state index contributed by atoms with van der Waals surface area (Å²) in [4.78, 5) is 14.6. The van der Waals surface area contributed by atoms with Gasteiger partial charge in [-0.1, -0.05) is 0 Å². The minimum atomic E-state index is -0.366. The SMILES string of the molecule is CC(C)N(CCNc1ccc(NC=C2C(=O)Nc3ccc(F)cc32)cc1)C(C)C. The molecule has 2 aromatic carbocycles. The van der Waals surface area contributed by atoms with Gasteiger partial charge in [0.2, 0.25) is 0 Å². The third-order valence-electron chi connectivity index (χ3n) is 5.06. The predicted octanol–water partition coefficient (Wildman–Crippen LogP) is 4.76. The number of hydrogen-bond donors (Lipinski definition) is 3. The van der Waals surface area contributed by atoms with Crippen LogP contribution in [0.25, 0.3) is 5.57 Å². The first kappa shape index (κ1) is 20.9. The molecule has 1 aliphatic heterocycles. The number of fused-ring (bicyclic) bond motifs is 1. The Morgan fingerprint density at radius 2 is 1.69 bits per heavy atom. The van der Waals surface area contributed by atoms with Gasteiger partial charge in [0.1, 0.15) is 5.82 Å². The molecule has 0 atom stereocenters. The molecule has 0 saturated heterocycles. The quantitative estimate of drug-likeness (QED) is 0.563. The number of amides is 1. The number of nitrogens with one attached hydrogen (secondary N) is 3. The molecule has 0 aliphatic carbocycles. The van der Waals surface area contributed by atoms with E-state index in [1.165, 1.54) is 12.1 Å². The molecule has 154 valence electrons. The van der Waals surface area contributed by atoms with Crippen molar-refractivity contribution in [2.75, 3.05) is 29.0 Å². The van der Waals surface area contributed by atoms with Crippen LogP contribution < -0.4 is 16.0 Å². The van der Waals surface area contributed by atoms with Crippen LogP contribution in [0.5, 0.6) is 0 Å². The van der Waals surface area contributed by atoms with Gasteiger partial charge in [0.15, 0.2) is 0 Å². The van der Waals surface area contributed by atoms with E-state index in [2.05, 4.69) is 48.5 Å². The number of nitrogens with zero attached hydrogens (tertiary/aromatic N) is 1. The maximum absolute atomic E-state index is 13.5. The zero-order valence-corrected chi connectivity index (χ0v) is 17.4. The summed E-state index contributed by atoms with van der Waals surface area (Å²) in [6, 6.07) is 13.2. The highest BCUT2D eigenvalue weighted by Gasteiger charge is 2.24. The Kier molecular flexibility index (Phi) is 6.54. The minimum Gasteiger partial charge on any atom is -0.384 e. The molecular formula is C23H29FN4O. The summed E-state index contributed by atoms with van der Waals surface area (Å²) in [6.45, 7) is 10.7. The van der Waals surface area contributed by atoms with Gasteiger partial charge in [-0.2, -0.15) is 0 Å². The summed E-state index contributed by atoms with van der Waals surface area (Å²) in [5.74, 6) is -0.605. The van der Waals surface area contributed by atoms with Gasteiger partial charge in [-0.3, -0.25) is 9.69 Å². The van der Waals surface area contributed by atoms with E-state index in [-0.39, 0.29) is 11.7 Å². The van der Waals surface area contributed by atoms with Crippen LogP contribution in [0.3, 0.4) is 0 Å². The molecule has 2 aromatic rings. The van der Waals surface area contributed by atoms with E-state index in [1.807, 2.05) is 24.3 Å². The van der Waals surface area contributed by atoms with Crippen LogP contribution in [0.2, 0.25) is 0 Å². The topological polar surface area (TPSA) is 56.4 Å². The Morgan fingerprint density at radius 1 is 1.03 bits per heavy atom. The molecule has 3 rings (SSSR count). The second kappa shape index (κ2) is 9.09. The van der Waals surface area contributed by atoms with Crippen molar-refractivity contribution >= 4 is 28.5 Å². The summed E-state index contributed by atoms with van der Waals surface area (Å²) < 4.78 is 13.5. The Balaban J connectivity index is 1.58. The Labute approximate surface area is 172 Å². The number of rotatable bonds is 8. The molecule has 0 spiro atoms. The van der Waals surface area contributed by atoms with Crippen molar-refractivity contribution < 1.29 is 9.18 Å². The van der Waals surface area contributed by atoms with Gasteiger partial charge in [-0.05, 0) is 70.2 Å². The van der Waals surface area contributed by atoms with Crippen LogP contribution in [0.1, 0.15) is 33.3 Å². The molecule has 29 heavy (non-hydrogen) atoms. The average molecular weight is 397 g/mol. The lowest BCUT2D eigenvalue weighted by atomic mass is 10.1. The molecule has 0 bridgehead atoms. The van der Waals surface area contributed by atoms with Crippen LogP contribution >= 0.6 is 0 Å². The maximum atomic E-state index is 13.5. The predicted molar refractivity (Wildman–Crippen MR) is 119 cm³/mol. The number of anilines is 3. The fourth-order valence-electron chi connectivity index (χ4n) is 3.59. The van der Waals surface area contributed by atoms with Crippen molar-refractivity contribution in [1.29, 1.82) is 0 Å². The third kappa shape index (κ3) is 5.15. The molecule has 1 amide bonds. The standard InChI is InChI=1S/C23H29FN4O/c1-15(2)28(16(3)4)12-11-25-18-6-8-19(9-7-18)26-14-21-20-13-17(24)5-10-22(20)27-23(21)29/h5-10,13-16,25-26H,11-12H2,1-4H3,(H,27,29). The highest BCUT2D eigenvalue weighted by molar-refractivity contribution is 6.31. The second-order valence-corrected chi connectivity index (χ2v) is 7.78. The number of carbonyl (C=O) groups is 1. The van der Waals surface area contributed by atoms with Crippen molar-refractivity contribution in [3.8, 4) is 0 Å². The number of carbonyl (C=O) groups excluding carboxylic acids is 1. The first-order valence-corrected chi connectivity index (χ1v) is 10.0. The highest BCUT2D eigenvalue weighted by Crippen LogP contribution is 2.32. The molecule has 1 aliphatic rings. The van der Waals surface area contributed by atoms with Gasteiger partial charge in [0, 0.05) is 54.0 Å². The van der Waals surface area contributed by atoms with Gasteiger partial charge in [-0.15, -0.1) is 0 Å². The molecule has 0 fully saturated rings. The van der Waals surface area contributed by atoms with Gasteiger partial charge in [0.05, 0.1) is 5.57 Å². The van der Waals surface area contributed by atoms with E-state index in [0.29, 0.717) is 28.9 Å². The zero-order valence-electron chi connectivity index (χ0n) is 17.4. The van der Waals surface area contributed by atoms with E-state index in [9.17, 15) is 9.18 Å². The normalized spacial score (nSPS) is 14.6. The monoisotopic (exact) mass is 396 g/mol. The van der Waals surface area contributed by atoms with Crippen LogP contribution in [-0.2, 0) is 4.79 Å². The molecule has 0 saturated carbocycles. The molecule has 0 unspecified atom stereocenters. The Morgan fingerprint density at radius 3 is 2.34 bits per heavy atom. The lowest BCUT2D eigenvalue weighted by molar-refractivity contribution is -0.110. The Hall–Kier alpha value is -2.86. The first-order chi connectivity index (χ1) is 13.8. The first-order valence-electron chi connectivity index (χ1n) is 10.0. The molecule has 6 heteroatoms. The van der Waals surface area contributed by atoms with E-state index in [0.717, 1.165) is 24.5 Å². The highest BCUT2D eigenvalue weighted by atomic mass is 19.1. The van der Waals surface area contributed by atoms with Crippen LogP contribution in [0.4, 0.5) is 21.5 Å². The van der Waals surface area contributed by atoms with Crippen molar-refractivity contribution in [2.24, 2.45) is 0 Å². The number of halogens is 1. The van der Waals surface area contributed by atoms with Crippen molar-refractivity contribution in [1.82, 2.24) is 4.90 Å². The van der Waals surface area contributed by atoms with Gasteiger partial charge in [0.25, 0.3) is 5.91 Å². The third-order valence-corrected chi connectivity index (χ3v) is 5.06. The fraction of sp³-hybridized carbons (Fsp3) is 0.348. The minimum absolute atomic E-state index is 0.240. The summed E-state index contributed by atoms with van der Waals surface area (Å²) in [5.41, 5.74) is 3.51. The van der Waals surface area contributed by atoms with Crippen molar-refractivity contribution in [3.63, 3.8) is 0 Å². The zero-order chi connectivity index (χ0) is 21.0. The van der Waals surface area contributed by atoms with Gasteiger partial charge < -0.3 is 16.0 Å². The second-order valence-electron chi connectivity index (χ2n) is 7.78. The molecule has 0 aromatic heterocycles. The number of hydrogen-bond acceptors (Lipinski definition) is 4. The van der Waals surface area contributed by atoms with Gasteiger partial charge in [-0.25, -0.2) is 4.39 Å². The summed E-state index contributed by atoms with van der Waals surface area (Å²) in [6.07, 6.45) is 1.62. The molecule has 5 nitrogen and oxygen atoms in total. The Bertz CT molecular complexity index is 882. The molecule has 1 heterocycles. The molecule has 3 N–H and O–H groups in total. The van der Waals surface area contributed by atoms with Crippen LogP contribution in [-0.4, -0.2) is 36.0 Å². The average Bonchev–Trinajstić information content (AvgIpc) is 2.98. The fourth-order valence-corrected chi connectivity index (χ4v) is 3.59. The summed E-state index contributed by atoms with van der Waals surface area (Å²) in [7, 11) is 0. The largest absolute Gasteiger partial charge is 0.384 e. The number of benzene rings is 2. The smallest absolute Gasteiger partial charge is 0.257 e. The lowest BCUT2D eigenvalue weighted by Crippen LogP contribution is -2.40. The van der Waals surface area contributed by atoms with Crippen molar-refractivity contribution in [3.05, 3.63) is 60.0 Å². The van der Waals surface area contributed by atoms with Gasteiger partial charge >= 0.3 is 0 Å². The van der Waals surface area contributed by atoms with E-state index >= 15 is 0 Å². The molecular weight excluding hydrogens is 367 g/mol. The van der Waals surface area contributed by atoms with Crippen LogP contribution in [0.15, 0.2) is 48.7 Å². The van der Waals surface area contributed by atoms with E-state index in [4.69, 9.17) is 0 Å². The van der Waals surface area contributed by atoms with E-state index < -0.39 is 0 Å². The van der Waals surface area contributed by atoms with Crippen LogP contribution in [0, 0.1) is 5.82 Å². The maximum Gasteiger partial charge on any atom is 0.257 e. The van der Waals surface area contributed by atoms with E-state index in [1.54, 1.807) is 12.3 Å². The van der Waals surface area contributed by atoms with Crippen molar-refractivity contribution in [2.45, 2.75) is 39.8 Å².